The van der Waals surface area contributed by atoms with Gasteiger partial charge < -0.3 is 15.1 Å². The molecule has 132 valence electrons. The second-order valence-electron chi connectivity index (χ2n) is 6.42. The smallest absolute Gasteiger partial charge is 0.317 e. The van der Waals surface area contributed by atoms with Crippen molar-refractivity contribution in [2.45, 2.75) is 13.3 Å². The van der Waals surface area contributed by atoms with Crippen molar-refractivity contribution >= 4 is 11.7 Å². The number of carbonyl (C=O) groups is 1. The van der Waals surface area contributed by atoms with E-state index in [1.807, 2.05) is 4.90 Å². The van der Waals surface area contributed by atoms with Crippen molar-refractivity contribution < 1.29 is 9.18 Å². The maximum atomic E-state index is 12.9. The monoisotopic (exact) mass is 341 g/mol. The molecule has 4 nitrogen and oxygen atoms in total. The number of aryl methyl sites for hydroxylation is 1. The Morgan fingerprint density at radius 1 is 1.00 bits per heavy atom. The lowest BCUT2D eigenvalue weighted by molar-refractivity contribution is 0.194. The molecule has 0 bridgehead atoms. The molecule has 0 radical (unpaired) electrons. The van der Waals surface area contributed by atoms with E-state index in [2.05, 4.69) is 41.4 Å². The predicted octanol–water partition coefficient (Wildman–Crippen LogP) is 3.21. The van der Waals surface area contributed by atoms with Crippen LogP contribution in [0.3, 0.4) is 0 Å². The minimum atomic E-state index is -0.237. The molecule has 2 amide bonds. The van der Waals surface area contributed by atoms with E-state index < -0.39 is 0 Å². The fraction of sp³-hybridized carbons (Fsp3) is 0.350. The third-order valence-electron chi connectivity index (χ3n) is 4.57. The number of piperazine rings is 1. The number of benzene rings is 2. The molecule has 0 aliphatic carbocycles. The zero-order valence-corrected chi connectivity index (χ0v) is 14.5. The molecule has 0 spiro atoms. The van der Waals surface area contributed by atoms with Crippen LogP contribution in [0.15, 0.2) is 48.5 Å². The summed E-state index contributed by atoms with van der Waals surface area (Å²) in [6.07, 6.45) is 0.704. The summed E-state index contributed by atoms with van der Waals surface area (Å²) < 4.78 is 12.9. The Bertz CT molecular complexity index is 692. The van der Waals surface area contributed by atoms with Crippen LogP contribution in [0.1, 0.15) is 11.1 Å². The highest BCUT2D eigenvalue weighted by molar-refractivity contribution is 5.74. The molecule has 1 heterocycles. The number of hydrogen-bond acceptors (Lipinski definition) is 2. The molecule has 25 heavy (non-hydrogen) atoms. The van der Waals surface area contributed by atoms with Gasteiger partial charge in [0.1, 0.15) is 5.82 Å². The van der Waals surface area contributed by atoms with Crippen LogP contribution in [0.4, 0.5) is 14.9 Å². The zero-order valence-electron chi connectivity index (χ0n) is 14.5. The molecule has 0 aromatic heterocycles. The summed E-state index contributed by atoms with van der Waals surface area (Å²) in [5.41, 5.74) is 3.48. The molecule has 5 heteroatoms. The fourth-order valence-electron chi connectivity index (χ4n) is 3.00. The molecule has 0 unspecified atom stereocenters. The first-order chi connectivity index (χ1) is 12.1. The number of nitrogens with zero attached hydrogens (tertiary/aromatic N) is 2. The maximum absolute atomic E-state index is 12.9. The summed E-state index contributed by atoms with van der Waals surface area (Å²) in [6.45, 7) is 5.76. The van der Waals surface area contributed by atoms with E-state index in [1.54, 1.807) is 12.1 Å². The second kappa shape index (κ2) is 8.01. The number of hydrogen-bond donors (Lipinski definition) is 1. The van der Waals surface area contributed by atoms with Crippen LogP contribution in [-0.4, -0.2) is 43.7 Å². The molecule has 2 aromatic carbocycles. The van der Waals surface area contributed by atoms with Crippen molar-refractivity contribution in [3.63, 3.8) is 0 Å². The van der Waals surface area contributed by atoms with Gasteiger partial charge in [-0.1, -0.05) is 29.8 Å². The Balaban J connectivity index is 1.42. The molecule has 2 aromatic rings. The van der Waals surface area contributed by atoms with Gasteiger partial charge in [-0.25, -0.2) is 9.18 Å². The highest BCUT2D eigenvalue weighted by Gasteiger charge is 2.20. The van der Waals surface area contributed by atoms with Gasteiger partial charge in [-0.2, -0.15) is 0 Å². The summed E-state index contributed by atoms with van der Waals surface area (Å²) in [4.78, 5) is 16.4. The average Bonchev–Trinajstić information content (AvgIpc) is 2.64. The number of halogens is 1. The molecular weight excluding hydrogens is 317 g/mol. The Hall–Kier alpha value is -2.56. The van der Waals surface area contributed by atoms with Crippen LogP contribution in [0.25, 0.3) is 0 Å². The highest BCUT2D eigenvalue weighted by atomic mass is 19.1. The van der Waals surface area contributed by atoms with E-state index in [1.165, 1.54) is 23.4 Å². The normalized spacial score (nSPS) is 14.5. The van der Waals surface area contributed by atoms with E-state index in [-0.39, 0.29) is 11.8 Å². The topological polar surface area (TPSA) is 35.6 Å². The molecule has 1 saturated heterocycles. The van der Waals surface area contributed by atoms with Crippen LogP contribution in [0.2, 0.25) is 0 Å². The van der Waals surface area contributed by atoms with Gasteiger partial charge in [0.2, 0.25) is 0 Å². The predicted molar refractivity (Wildman–Crippen MR) is 98.5 cm³/mol. The number of amides is 2. The van der Waals surface area contributed by atoms with E-state index in [4.69, 9.17) is 0 Å². The molecule has 1 aliphatic heterocycles. The van der Waals surface area contributed by atoms with E-state index in [9.17, 15) is 9.18 Å². The number of anilines is 1. The lowest BCUT2D eigenvalue weighted by Crippen LogP contribution is -2.52. The van der Waals surface area contributed by atoms with Crippen molar-refractivity contribution in [3.05, 3.63) is 65.5 Å². The standard InChI is InChI=1S/C20H24FN3O/c1-16-2-8-19(9-3-16)23-12-14-24(15-13-23)20(25)22-11-10-17-4-6-18(21)7-5-17/h2-9H,10-15H2,1H3,(H,22,25). The van der Waals surface area contributed by atoms with Crippen LogP contribution < -0.4 is 10.2 Å². The van der Waals surface area contributed by atoms with Crippen molar-refractivity contribution in [3.8, 4) is 0 Å². The minimum absolute atomic E-state index is 0.0225. The zero-order chi connectivity index (χ0) is 17.6. The lowest BCUT2D eigenvalue weighted by Gasteiger charge is -2.36. The quantitative estimate of drug-likeness (QED) is 0.927. The molecule has 1 N–H and O–H groups in total. The van der Waals surface area contributed by atoms with Gasteiger partial charge >= 0.3 is 6.03 Å². The van der Waals surface area contributed by atoms with Gasteiger partial charge in [0, 0.05) is 38.4 Å². The average molecular weight is 341 g/mol. The Morgan fingerprint density at radius 2 is 1.64 bits per heavy atom. The highest BCUT2D eigenvalue weighted by Crippen LogP contribution is 2.17. The summed E-state index contributed by atoms with van der Waals surface area (Å²) in [7, 11) is 0. The largest absolute Gasteiger partial charge is 0.368 e. The molecule has 3 rings (SSSR count). The number of rotatable bonds is 4. The second-order valence-corrected chi connectivity index (χ2v) is 6.42. The van der Waals surface area contributed by atoms with Crippen molar-refractivity contribution in [1.82, 2.24) is 10.2 Å². The third kappa shape index (κ3) is 4.72. The first kappa shape index (κ1) is 17.3. The Morgan fingerprint density at radius 3 is 2.28 bits per heavy atom. The SMILES string of the molecule is Cc1ccc(N2CCN(C(=O)NCCc3ccc(F)cc3)CC2)cc1. The molecule has 0 saturated carbocycles. The Labute approximate surface area is 148 Å². The number of carbonyl (C=O) groups excluding carboxylic acids is 1. The van der Waals surface area contributed by atoms with Crippen molar-refractivity contribution in [2.75, 3.05) is 37.6 Å². The van der Waals surface area contributed by atoms with Crippen LogP contribution in [0.5, 0.6) is 0 Å². The van der Waals surface area contributed by atoms with Crippen molar-refractivity contribution in [1.29, 1.82) is 0 Å². The first-order valence-corrected chi connectivity index (χ1v) is 8.71. The van der Waals surface area contributed by atoms with E-state index in [0.717, 1.165) is 31.7 Å². The Kier molecular flexibility index (Phi) is 5.53. The van der Waals surface area contributed by atoms with Gasteiger partial charge in [-0.3, -0.25) is 0 Å². The van der Waals surface area contributed by atoms with Gasteiger partial charge in [-0.15, -0.1) is 0 Å². The molecule has 0 atom stereocenters. The van der Waals surface area contributed by atoms with Gasteiger partial charge in [0.15, 0.2) is 0 Å². The van der Waals surface area contributed by atoms with Crippen LogP contribution >= 0.6 is 0 Å². The summed E-state index contributed by atoms with van der Waals surface area (Å²) >= 11 is 0. The summed E-state index contributed by atoms with van der Waals surface area (Å²) in [5, 5.41) is 2.95. The van der Waals surface area contributed by atoms with Crippen molar-refractivity contribution in [2.24, 2.45) is 0 Å². The lowest BCUT2D eigenvalue weighted by atomic mass is 10.1. The third-order valence-corrected chi connectivity index (χ3v) is 4.57. The maximum Gasteiger partial charge on any atom is 0.317 e. The molecular formula is C20H24FN3O. The van der Waals surface area contributed by atoms with E-state index in [0.29, 0.717) is 13.0 Å². The molecule has 1 aliphatic rings. The number of urea groups is 1. The molecule has 1 fully saturated rings. The van der Waals surface area contributed by atoms with Crippen LogP contribution in [-0.2, 0) is 6.42 Å². The fourth-order valence-corrected chi connectivity index (χ4v) is 3.00. The van der Waals surface area contributed by atoms with Crippen LogP contribution in [0, 0.1) is 12.7 Å². The first-order valence-electron chi connectivity index (χ1n) is 8.71. The van der Waals surface area contributed by atoms with Gasteiger partial charge in [0.05, 0.1) is 0 Å². The minimum Gasteiger partial charge on any atom is -0.368 e. The van der Waals surface area contributed by atoms with Gasteiger partial charge in [0.25, 0.3) is 0 Å². The summed E-state index contributed by atoms with van der Waals surface area (Å²) in [6, 6.07) is 14.9. The number of nitrogens with one attached hydrogen (secondary N) is 1. The van der Waals surface area contributed by atoms with Gasteiger partial charge in [-0.05, 0) is 43.2 Å². The van der Waals surface area contributed by atoms with E-state index >= 15 is 0 Å². The summed E-state index contributed by atoms with van der Waals surface area (Å²) in [5.74, 6) is -0.237.